The van der Waals surface area contributed by atoms with Crippen LogP contribution in [0, 0.1) is 17.0 Å². The van der Waals surface area contributed by atoms with Crippen LogP contribution in [0.3, 0.4) is 0 Å². The molecule has 0 amide bonds. The van der Waals surface area contributed by atoms with E-state index < -0.39 is 22.8 Å². The van der Waals surface area contributed by atoms with Gasteiger partial charge < -0.3 is 14.4 Å². The lowest BCUT2D eigenvalue weighted by Crippen LogP contribution is -2.35. The van der Waals surface area contributed by atoms with Crippen LogP contribution in [0.4, 0.5) is 11.4 Å². The van der Waals surface area contributed by atoms with Gasteiger partial charge in [0.1, 0.15) is 0 Å². The van der Waals surface area contributed by atoms with Gasteiger partial charge in [-0.3, -0.25) is 10.1 Å². The van der Waals surface area contributed by atoms with Crippen LogP contribution in [0.2, 0.25) is 0 Å². The fraction of sp³-hybridized carbons (Fsp3) is 0.308. The number of nitro benzene ring substituents is 1. The molecule has 0 atom stereocenters. The molecule has 1 heterocycles. The highest BCUT2D eigenvalue weighted by atomic mass is 16.6. The third-order valence-corrected chi connectivity index (χ3v) is 5.75. The van der Waals surface area contributed by atoms with E-state index in [4.69, 9.17) is 9.47 Å². The highest BCUT2D eigenvalue weighted by Gasteiger charge is 2.41. The molecule has 2 aromatic carbocycles. The topological polar surface area (TPSA) is 99.0 Å². The molecule has 0 radical (unpaired) electrons. The molecule has 178 valence electrons. The summed E-state index contributed by atoms with van der Waals surface area (Å²) in [5.74, 6) is -1.93. The van der Waals surface area contributed by atoms with E-state index in [1.165, 1.54) is 12.1 Å². The minimum absolute atomic E-state index is 0.0855. The van der Waals surface area contributed by atoms with Gasteiger partial charge in [0.05, 0.1) is 35.2 Å². The fourth-order valence-corrected chi connectivity index (χ4v) is 4.21. The molecule has 3 rings (SSSR count). The second-order valence-corrected chi connectivity index (χ2v) is 7.89. The number of carbonyl (C=O) groups excluding carboxylic acids is 2. The average molecular weight is 465 g/mol. The summed E-state index contributed by atoms with van der Waals surface area (Å²) in [7, 11) is 0. The van der Waals surface area contributed by atoms with E-state index in [1.54, 1.807) is 39.8 Å². The number of ether oxygens (including phenoxy) is 2. The average Bonchev–Trinajstić information content (AvgIpc) is 2.80. The maximum absolute atomic E-state index is 13.2. The third kappa shape index (κ3) is 4.71. The molecule has 0 fully saturated rings. The van der Waals surface area contributed by atoms with Gasteiger partial charge in [-0.25, -0.2) is 9.59 Å². The van der Waals surface area contributed by atoms with E-state index in [-0.39, 0.29) is 30.0 Å². The molecule has 0 spiro atoms. The van der Waals surface area contributed by atoms with E-state index in [2.05, 4.69) is 0 Å². The van der Waals surface area contributed by atoms with Crippen molar-refractivity contribution in [1.29, 1.82) is 0 Å². The van der Waals surface area contributed by atoms with E-state index in [0.717, 1.165) is 11.3 Å². The molecule has 0 unspecified atom stereocenters. The number of hydrogen-bond donors (Lipinski definition) is 0. The number of rotatable bonds is 7. The molecule has 0 bridgehead atoms. The zero-order valence-corrected chi connectivity index (χ0v) is 20.0. The number of aryl methyl sites for hydroxylation is 1. The standard InChI is InChI=1S/C26H28N2O6/c1-6-33-25(29)22-17(4)27(20-12-8-16(3)9-13-20)18(5)23(26(30)34-7-2)24(22)19-10-14-21(15-11-19)28(31)32/h8-15,24H,6-7H2,1-5H3. The maximum Gasteiger partial charge on any atom is 0.336 e. The summed E-state index contributed by atoms with van der Waals surface area (Å²) in [4.78, 5) is 39.0. The van der Waals surface area contributed by atoms with Crippen LogP contribution in [0.15, 0.2) is 71.1 Å². The van der Waals surface area contributed by atoms with Crippen molar-refractivity contribution < 1.29 is 24.0 Å². The second-order valence-electron chi connectivity index (χ2n) is 7.89. The summed E-state index contributed by atoms with van der Waals surface area (Å²) in [6.07, 6.45) is 0. The summed E-state index contributed by atoms with van der Waals surface area (Å²) in [5.41, 5.74) is 4.11. The van der Waals surface area contributed by atoms with Gasteiger partial charge >= 0.3 is 11.9 Å². The van der Waals surface area contributed by atoms with Crippen LogP contribution in [-0.4, -0.2) is 30.1 Å². The molecule has 34 heavy (non-hydrogen) atoms. The Morgan fingerprint density at radius 1 is 0.853 bits per heavy atom. The van der Waals surface area contributed by atoms with Crippen molar-refractivity contribution in [3.8, 4) is 0 Å². The van der Waals surface area contributed by atoms with Gasteiger partial charge in [-0.05, 0) is 52.3 Å². The van der Waals surface area contributed by atoms with Crippen molar-refractivity contribution in [2.24, 2.45) is 0 Å². The first kappa shape index (κ1) is 24.7. The lowest BCUT2D eigenvalue weighted by molar-refractivity contribution is -0.384. The Kier molecular flexibility index (Phi) is 7.50. The summed E-state index contributed by atoms with van der Waals surface area (Å²) in [6.45, 7) is 9.32. The Labute approximate surface area is 198 Å². The number of hydrogen-bond acceptors (Lipinski definition) is 7. The predicted molar refractivity (Wildman–Crippen MR) is 128 cm³/mol. The van der Waals surface area contributed by atoms with Crippen LogP contribution >= 0.6 is 0 Å². The number of benzene rings is 2. The van der Waals surface area contributed by atoms with Crippen molar-refractivity contribution >= 4 is 23.3 Å². The monoisotopic (exact) mass is 464 g/mol. The minimum atomic E-state index is -0.805. The molecule has 1 aliphatic rings. The first-order valence-corrected chi connectivity index (χ1v) is 11.1. The number of non-ortho nitro benzene ring substituents is 1. The van der Waals surface area contributed by atoms with Gasteiger partial charge in [-0.1, -0.05) is 29.8 Å². The van der Waals surface area contributed by atoms with E-state index >= 15 is 0 Å². The van der Waals surface area contributed by atoms with Crippen molar-refractivity contribution in [3.63, 3.8) is 0 Å². The van der Waals surface area contributed by atoms with Gasteiger partial charge in [0.25, 0.3) is 5.69 Å². The summed E-state index contributed by atoms with van der Waals surface area (Å²) < 4.78 is 10.8. The highest BCUT2D eigenvalue weighted by Crippen LogP contribution is 2.44. The number of carbonyl (C=O) groups is 2. The number of allylic oxidation sites excluding steroid dienone is 2. The lowest BCUT2D eigenvalue weighted by Gasteiger charge is -2.38. The molecular weight excluding hydrogens is 436 g/mol. The molecule has 8 nitrogen and oxygen atoms in total. The van der Waals surface area contributed by atoms with Gasteiger partial charge in [-0.15, -0.1) is 0 Å². The second kappa shape index (κ2) is 10.3. The Bertz CT molecular complexity index is 1120. The van der Waals surface area contributed by atoms with E-state index in [0.29, 0.717) is 17.0 Å². The minimum Gasteiger partial charge on any atom is -0.463 e. The number of anilines is 1. The van der Waals surface area contributed by atoms with E-state index in [1.807, 2.05) is 36.1 Å². The molecule has 0 aliphatic carbocycles. The summed E-state index contributed by atoms with van der Waals surface area (Å²) >= 11 is 0. The highest BCUT2D eigenvalue weighted by molar-refractivity contribution is 6.01. The van der Waals surface area contributed by atoms with Crippen molar-refractivity contribution in [3.05, 3.63) is 92.3 Å². The largest absolute Gasteiger partial charge is 0.463 e. The van der Waals surface area contributed by atoms with Gasteiger partial charge in [0, 0.05) is 29.2 Å². The number of esters is 2. The summed E-state index contributed by atoms with van der Waals surface area (Å²) in [6, 6.07) is 13.6. The van der Waals surface area contributed by atoms with Crippen LogP contribution in [0.5, 0.6) is 0 Å². The molecule has 0 aromatic heterocycles. The van der Waals surface area contributed by atoms with Crippen molar-refractivity contribution in [1.82, 2.24) is 0 Å². The number of nitrogens with zero attached hydrogens (tertiary/aromatic N) is 2. The molecule has 0 saturated carbocycles. The zero-order chi connectivity index (χ0) is 25.0. The molecule has 0 N–H and O–H groups in total. The third-order valence-electron chi connectivity index (χ3n) is 5.75. The van der Waals surface area contributed by atoms with Crippen molar-refractivity contribution in [2.75, 3.05) is 18.1 Å². The van der Waals surface area contributed by atoms with Crippen LogP contribution in [0.25, 0.3) is 0 Å². The normalized spacial score (nSPS) is 14.3. The Balaban J connectivity index is 2.30. The van der Waals surface area contributed by atoms with Crippen LogP contribution in [-0.2, 0) is 19.1 Å². The molecule has 1 aliphatic heterocycles. The molecular formula is C26H28N2O6. The number of nitro groups is 1. The Morgan fingerprint density at radius 3 is 1.74 bits per heavy atom. The zero-order valence-electron chi connectivity index (χ0n) is 20.0. The summed E-state index contributed by atoms with van der Waals surface area (Å²) in [5, 5.41) is 11.2. The van der Waals surface area contributed by atoms with Gasteiger partial charge in [-0.2, -0.15) is 0 Å². The first-order chi connectivity index (χ1) is 16.2. The molecule has 0 saturated heterocycles. The van der Waals surface area contributed by atoms with Gasteiger partial charge in [0.15, 0.2) is 0 Å². The van der Waals surface area contributed by atoms with Crippen LogP contribution in [0.1, 0.15) is 44.7 Å². The predicted octanol–water partition coefficient (Wildman–Crippen LogP) is 5.18. The smallest absolute Gasteiger partial charge is 0.336 e. The fourth-order valence-electron chi connectivity index (χ4n) is 4.21. The molecule has 2 aromatic rings. The maximum atomic E-state index is 13.2. The van der Waals surface area contributed by atoms with Crippen LogP contribution < -0.4 is 4.90 Å². The lowest BCUT2D eigenvalue weighted by atomic mass is 9.79. The molecule has 8 heteroatoms. The van der Waals surface area contributed by atoms with E-state index in [9.17, 15) is 19.7 Å². The Hall–Kier alpha value is -3.94. The SMILES string of the molecule is CCOC(=O)C1=C(C)N(c2ccc(C)cc2)C(C)=C(C(=O)OCC)C1c1ccc([N+](=O)[O-])cc1. The quantitative estimate of drug-likeness (QED) is 0.316. The van der Waals surface area contributed by atoms with Crippen molar-refractivity contribution in [2.45, 2.75) is 40.5 Å². The Morgan fingerprint density at radius 2 is 1.32 bits per heavy atom. The van der Waals surface area contributed by atoms with Gasteiger partial charge in [0.2, 0.25) is 0 Å². The first-order valence-electron chi connectivity index (χ1n) is 11.1.